The Morgan fingerprint density at radius 1 is 1.08 bits per heavy atom. The summed E-state index contributed by atoms with van der Waals surface area (Å²) >= 11 is 1.55. The van der Waals surface area contributed by atoms with Crippen molar-refractivity contribution in [3.05, 3.63) is 77.5 Å². The Hall–Kier alpha value is -2.92. The van der Waals surface area contributed by atoms with E-state index in [0.717, 1.165) is 21.2 Å². The first-order valence-electron chi connectivity index (χ1n) is 7.90. The van der Waals surface area contributed by atoms with E-state index < -0.39 is 0 Å². The Labute approximate surface area is 148 Å². The highest BCUT2D eigenvalue weighted by molar-refractivity contribution is 7.13. The number of hydrogen-bond donors (Lipinski definition) is 0. The summed E-state index contributed by atoms with van der Waals surface area (Å²) in [6.45, 7) is 0.110. The number of ether oxygens (including phenoxy) is 1. The van der Waals surface area contributed by atoms with Gasteiger partial charge in [0.15, 0.2) is 0 Å². The lowest BCUT2D eigenvalue weighted by Gasteiger charge is -2.06. The Bertz CT molecular complexity index is 999. The van der Waals surface area contributed by atoms with Crippen LogP contribution in [0.3, 0.4) is 0 Å². The highest BCUT2D eigenvalue weighted by Crippen LogP contribution is 2.24. The van der Waals surface area contributed by atoms with Gasteiger partial charge in [0.1, 0.15) is 18.6 Å². The first-order chi connectivity index (χ1) is 12.3. The molecule has 2 aromatic carbocycles. The summed E-state index contributed by atoms with van der Waals surface area (Å²) < 4.78 is 10.8. The minimum Gasteiger partial charge on any atom is -0.459 e. The predicted octanol–water partition coefficient (Wildman–Crippen LogP) is 4.84. The summed E-state index contributed by atoms with van der Waals surface area (Å²) in [4.78, 5) is 17.5. The van der Waals surface area contributed by atoms with E-state index in [1.54, 1.807) is 11.3 Å². The quantitative estimate of drug-likeness (QED) is 0.484. The van der Waals surface area contributed by atoms with Gasteiger partial charge in [-0.1, -0.05) is 48.5 Å². The Balaban J connectivity index is 1.41. The first-order valence-corrected chi connectivity index (χ1v) is 8.78. The van der Waals surface area contributed by atoms with Crippen molar-refractivity contribution in [3.8, 4) is 10.8 Å². The van der Waals surface area contributed by atoms with Gasteiger partial charge in [0.2, 0.25) is 5.89 Å². The van der Waals surface area contributed by atoms with Gasteiger partial charge >= 0.3 is 5.97 Å². The molecule has 0 atom stereocenters. The molecule has 0 aliphatic rings. The van der Waals surface area contributed by atoms with E-state index in [0.29, 0.717) is 11.6 Å². The summed E-state index contributed by atoms with van der Waals surface area (Å²) in [5.74, 6) is 0.270. The molecule has 0 aliphatic heterocycles. The standard InChI is InChI=1S/C20H15NO3S/c22-19(11-15-7-3-6-14-5-1-2-8-17(14)15)23-12-16-13-24-20(21-16)18-9-4-10-25-18/h1-10,13H,11-12H2. The highest BCUT2D eigenvalue weighted by atomic mass is 32.1. The number of carbonyl (C=O) groups is 1. The van der Waals surface area contributed by atoms with Gasteiger partial charge in [-0.2, -0.15) is 0 Å². The second kappa shape index (κ2) is 6.91. The van der Waals surface area contributed by atoms with Crippen LogP contribution in [0, 0.1) is 0 Å². The largest absolute Gasteiger partial charge is 0.459 e. The second-order valence-corrected chi connectivity index (χ2v) is 6.54. The van der Waals surface area contributed by atoms with E-state index in [4.69, 9.17) is 9.15 Å². The fraction of sp³-hybridized carbons (Fsp3) is 0.100. The maximum Gasteiger partial charge on any atom is 0.310 e. The van der Waals surface area contributed by atoms with E-state index in [1.165, 1.54) is 6.26 Å². The maximum absolute atomic E-state index is 12.2. The SMILES string of the molecule is O=C(Cc1cccc2ccccc12)OCc1coc(-c2cccs2)n1. The smallest absolute Gasteiger partial charge is 0.310 e. The van der Waals surface area contributed by atoms with Gasteiger partial charge in [-0.25, -0.2) is 4.98 Å². The van der Waals surface area contributed by atoms with Crippen LogP contribution in [0.4, 0.5) is 0 Å². The lowest BCUT2D eigenvalue weighted by Crippen LogP contribution is -2.08. The van der Waals surface area contributed by atoms with Crippen LogP contribution < -0.4 is 0 Å². The van der Waals surface area contributed by atoms with Crippen molar-refractivity contribution in [2.75, 3.05) is 0 Å². The summed E-state index contributed by atoms with van der Waals surface area (Å²) in [5, 5.41) is 4.15. The number of hydrogen-bond acceptors (Lipinski definition) is 5. The molecule has 2 heterocycles. The number of carbonyl (C=O) groups excluding carboxylic acids is 1. The van der Waals surface area contributed by atoms with Gasteiger partial charge in [-0.15, -0.1) is 11.3 Å². The van der Waals surface area contributed by atoms with Crippen LogP contribution in [0.5, 0.6) is 0 Å². The molecule has 4 rings (SSSR count). The molecule has 0 aliphatic carbocycles. The van der Waals surface area contributed by atoms with Crippen LogP contribution in [0.2, 0.25) is 0 Å². The summed E-state index contributed by atoms with van der Waals surface area (Å²) in [6, 6.07) is 17.8. The van der Waals surface area contributed by atoms with Gasteiger partial charge in [-0.3, -0.25) is 4.79 Å². The van der Waals surface area contributed by atoms with Crippen molar-refractivity contribution >= 4 is 28.1 Å². The monoisotopic (exact) mass is 349 g/mol. The second-order valence-electron chi connectivity index (χ2n) is 5.60. The lowest BCUT2D eigenvalue weighted by molar-refractivity contribution is -0.144. The van der Waals surface area contributed by atoms with Crippen molar-refractivity contribution in [2.45, 2.75) is 13.0 Å². The molecule has 0 radical (unpaired) electrons. The van der Waals surface area contributed by atoms with E-state index >= 15 is 0 Å². The van der Waals surface area contributed by atoms with Gasteiger partial charge in [0.25, 0.3) is 0 Å². The van der Waals surface area contributed by atoms with Crippen molar-refractivity contribution in [2.24, 2.45) is 0 Å². The third-order valence-electron chi connectivity index (χ3n) is 3.88. The minimum atomic E-state index is -0.281. The zero-order valence-electron chi connectivity index (χ0n) is 13.3. The zero-order chi connectivity index (χ0) is 17.1. The number of rotatable bonds is 5. The third-order valence-corrected chi connectivity index (χ3v) is 4.74. The number of esters is 1. The molecule has 2 aromatic heterocycles. The molecule has 124 valence electrons. The third kappa shape index (κ3) is 3.46. The van der Waals surface area contributed by atoms with Crippen LogP contribution in [0.25, 0.3) is 21.5 Å². The van der Waals surface area contributed by atoms with Gasteiger partial charge < -0.3 is 9.15 Å². The van der Waals surface area contributed by atoms with E-state index in [9.17, 15) is 4.79 Å². The number of benzene rings is 2. The molecular formula is C20H15NO3S. The number of oxazole rings is 1. The molecule has 0 unspecified atom stereocenters. The molecule has 0 N–H and O–H groups in total. The number of thiophene rings is 1. The zero-order valence-corrected chi connectivity index (χ0v) is 14.2. The van der Waals surface area contributed by atoms with E-state index in [2.05, 4.69) is 4.98 Å². The summed E-state index contributed by atoms with van der Waals surface area (Å²) in [6.07, 6.45) is 1.76. The molecule has 0 amide bonds. The van der Waals surface area contributed by atoms with Crippen LogP contribution in [0.1, 0.15) is 11.3 Å². The van der Waals surface area contributed by atoms with Crippen LogP contribution in [-0.2, 0) is 22.6 Å². The number of nitrogens with zero attached hydrogens (tertiary/aromatic N) is 1. The molecule has 0 saturated carbocycles. The molecule has 25 heavy (non-hydrogen) atoms. The topological polar surface area (TPSA) is 52.3 Å². The summed E-state index contributed by atoms with van der Waals surface area (Å²) in [7, 11) is 0. The van der Waals surface area contributed by atoms with Crippen LogP contribution in [0.15, 0.2) is 70.7 Å². The molecule has 4 aromatic rings. The molecule has 5 heteroatoms. The molecule has 0 fully saturated rings. The number of fused-ring (bicyclic) bond motifs is 1. The average Bonchev–Trinajstić information content (AvgIpc) is 3.32. The van der Waals surface area contributed by atoms with E-state index in [1.807, 2.05) is 60.0 Å². The first kappa shape index (κ1) is 15.6. The average molecular weight is 349 g/mol. The lowest BCUT2D eigenvalue weighted by atomic mass is 10.0. The van der Waals surface area contributed by atoms with Gasteiger partial charge in [0, 0.05) is 0 Å². The Morgan fingerprint density at radius 3 is 2.84 bits per heavy atom. The van der Waals surface area contributed by atoms with Crippen molar-refractivity contribution in [3.63, 3.8) is 0 Å². The molecular weight excluding hydrogens is 334 g/mol. The van der Waals surface area contributed by atoms with Crippen molar-refractivity contribution in [1.82, 2.24) is 4.98 Å². The molecule has 4 nitrogen and oxygen atoms in total. The predicted molar refractivity (Wildman–Crippen MR) is 97.3 cm³/mol. The van der Waals surface area contributed by atoms with Gasteiger partial charge in [-0.05, 0) is 27.8 Å². The van der Waals surface area contributed by atoms with Gasteiger partial charge in [0.05, 0.1) is 11.3 Å². The molecule has 0 bridgehead atoms. The Morgan fingerprint density at radius 2 is 1.96 bits per heavy atom. The minimum absolute atomic E-state index is 0.110. The number of aromatic nitrogens is 1. The van der Waals surface area contributed by atoms with Crippen LogP contribution >= 0.6 is 11.3 Å². The molecule has 0 spiro atoms. The summed E-state index contributed by atoms with van der Waals surface area (Å²) in [5.41, 5.74) is 1.57. The fourth-order valence-corrected chi connectivity index (χ4v) is 3.35. The van der Waals surface area contributed by atoms with Crippen LogP contribution in [-0.4, -0.2) is 11.0 Å². The van der Waals surface area contributed by atoms with Crippen molar-refractivity contribution in [1.29, 1.82) is 0 Å². The van der Waals surface area contributed by atoms with Crippen molar-refractivity contribution < 1.29 is 13.9 Å². The highest BCUT2D eigenvalue weighted by Gasteiger charge is 2.11. The molecule has 0 saturated heterocycles. The normalized spacial score (nSPS) is 10.9. The Kier molecular flexibility index (Phi) is 4.31. The maximum atomic E-state index is 12.2. The fourth-order valence-electron chi connectivity index (χ4n) is 2.69. The van der Waals surface area contributed by atoms with E-state index in [-0.39, 0.29) is 19.0 Å².